The molecule has 1 atom stereocenters. The monoisotopic (exact) mass is 308 g/mol. The molecule has 0 saturated heterocycles. The van der Waals surface area contributed by atoms with Crippen LogP contribution in [0.2, 0.25) is 0 Å². The van der Waals surface area contributed by atoms with Crippen molar-refractivity contribution in [3.8, 4) is 0 Å². The van der Waals surface area contributed by atoms with Gasteiger partial charge in [-0.2, -0.15) is 0 Å². The third kappa shape index (κ3) is 3.53. The summed E-state index contributed by atoms with van der Waals surface area (Å²) in [6, 6.07) is 10.6. The summed E-state index contributed by atoms with van der Waals surface area (Å²) >= 11 is 0. The topological polar surface area (TPSA) is 71.3 Å². The van der Waals surface area contributed by atoms with Gasteiger partial charge in [0, 0.05) is 24.5 Å². The third-order valence-corrected chi connectivity index (χ3v) is 4.91. The molecule has 0 aliphatic rings. The highest BCUT2D eigenvalue weighted by Gasteiger charge is 2.21. The van der Waals surface area contributed by atoms with Crippen molar-refractivity contribution in [3.63, 3.8) is 0 Å². The van der Waals surface area contributed by atoms with Crippen molar-refractivity contribution in [2.75, 3.05) is 0 Å². The highest BCUT2D eigenvalue weighted by atomic mass is 32.2. The molecule has 0 aliphatic carbocycles. The molecule has 0 saturated carbocycles. The van der Waals surface area contributed by atoms with Gasteiger partial charge >= 0.3 is 0 Å². The van der Waals surface area contributed by atoms with Gasteiger partial charge in [-0.25, -0.2) is 13.1 Å². The summed E-state index contributed by atoms with van der Waals surface area (Å²) < 4.78 is 29.2. The van der Waals surface area contributed by atoms with Gasteiger partial charge in [0.15, 0.2) is 0 Å². The second kappa shape index (κ2) is 6.43. The molecule has 5 nitrogen and oxygen atoms in total. The normalized spacial score (nSPS) is 13.3. The van der Waals surface area contributed by atoms with Gasteiger partial charge in [-0.1, -0.05) is 30.3 Å². The molecule has 2 rings (SSSR count). The molecule has 0 radical (unpaired) electrons. The molecule has 114 valence electrons. The molecule has 2 aromatic rings. The third-order valence-electron chi connectivity index (χ3n) is 3.41. The Kier molecular flexibility index (Phi) is 4.82. The van der Waals surface area contributed by atoms with Crippen LogP contribution < -0.4 is 4.72 Å². The van der Waals surface area contributed by atoms with Crippen LogP contribution in [0.4, 0.5) is 0 Å². The first-order valence-electron chi connectivity index (χ1n) is 6.85. The fraction of sp³-hybridized carbons (Fsp3) is 0.333. The highest BCUT2D eigenvalue weighted by Crippen LogP contribution is 2.19. The smallest absolute Gasteiger partial charge is 0.242 e. The average Bonchev–Trinajstić information content (AvgIpc) is 2.92. The largest absolute Gasteiger partial charge is 0.390 e. The number of aliphatic hydroxyl groups excluding tert-OH is 1. The summed E-state index contributed by atoms with van der Waals surface area (Å²) in [4.78, 5) is 0.177. The first-order valence-corrected chi connectivity index (χ1v) is 8.33. The van der Waals surface area contributed by atoms with E-state index in [1.807, 2.05) is 37.3 Å². The second-order valence-electron chi connectivity index (χ2n) is 4.86. The number of aryl methyl sites for hydroxylation is 1. The number of benzene rings is 1. The van der Waals surface area contributed by atoms with Crippen LogP contribution in [0.25, 0.3) is 0 Å². The predicted molar refractivity (Wildman–Crippen MR) is 81.2 cm³/mol. The zero-order valence-electron chi connectivity index (χ0n) is 12.2. The zero-order chi connectivity index (χ0) is 15.5. The lowest BCUT2D eigenvalue weighted by Crippen LogP contribution is -2.26. The molecule has 0 spiro atoms. The number of aliphatic hydroxyl groups is 1. The van der Waals surface area contributed by atoms with E-state index in [2.05, 4.69) is 4.72 Å². The van der Waals surface area contributed by atoms with Gasteiger partial charge in [0.25, 0.3) is 0 Å². The molecular weight excluding hydrogens is 288 g/mol. The Bertz CT molecular complexity index is 671. The van der Waals surface area contributed by atoms with E-state index in [4.69, 9.17) is 0 Å². The maximum absolute atomic E-state index is 12.4. The van der Waals surface area contributed by atoms with Crippen LogP contribution in [0.3, 0.4) is 0 Å². The van der Waals surface area contributed by atoms with Gasteiger partial charge in [-0.05, 0) is 25.5 Å². The Morgan fingerprint density at radius 1 is 1.29 bits per heavy atom. The lowest BCUT2D eigenvalue weighted by atomic mass is 10.1. The standard InChI is InChI=1S/C15H20N2O3S/c1-3-17-10-15(9-14(17)11-18)21(19,20)16-12(2)13-7-5-4-6-8-13/h4-10,12,16,18H,3,11H2,1-2H3. The summed E-state index contributed by atoms with van der Waals surface area (Å²) in [7, 11) is -3.61. The Labute approximate surface area is 125 Å². The van der Waals surface area contributed by atoms with E-state index < -0.39 is 10.0 Å². The maximum atomic E-state index is 12.4. The van der Waals surface area contributed by atoms with Crippen molar-refractivity contribution >= 4 is 10.0 Å². The zero-order valence-corrected chi connectivity index (χ0v) is 13.0. The van der Waals surface area contributed by atoms with Crippen molar-refractivity contribution in [3.05, 3.63) is 53.9 Å². The van der Waals surface area contributed by atoms with Crippen molar-refractivity contribution in [1.82, 2.24) is 9.29 Å². The SMILES string of the molecule is CCn1cc(S(=O)(=O)NC(C)c2ccccc2)cc1CO. The number of nitrogens with zero attached hydrogens (tertiary/aromatic N) is 1. The van der Waals surface area contributed by atoms with Gasteiger partial charge in [0.05, 0.1) is 11.5 Å². The molecule has 0 amide bonds. The summed E-state index contributed by atoms with van der Waals surface area (Å²) in [6.45, 7) is 4.13. The highest BCUT2D eigenvalue weighted by molar-refractivity contribution is 7.89. The first-order chi connectivity index (χ1) is 9.97. The molecule has 1 unspecified atom stereocenters. The van der Waals surface area contributed by atoms with Gasteiger partial charge < -0.3 is 9.67 Å². The minimum atomic E-state index is -3.61. The van der Waals surface area contributed by atoms with Crippen LogP contribution in [-0.4, -0.2) is 18.1 Å². The molecule has 0 bridgehead atoms. The fourth-order valence-electron chi connectivity index (χ4n) is 2.21. The van der Waals surface area contributed by atoms with Crippen LogP contribution in [0, 0.1) is 0 Å². The van der Waals surface area contributed by atoms with Crippen LogP contribution in [0.15, 0.2) is 47.5 Å². The van der Waals surface area contributed by atoms with Crippen LogP contribution in [0.5, 0.6) is 0 Å². The molecule has 1 aromatic heterocycles. The van der Waals surface area contributed by atoms with Crippen molar-refractivity contribution in [1.29, 1.82) is 0 Å². The molecule has 0 aliphatic heterocycles. The summed E-state index contributed by atoms with van der Waals surface area (Å²) in [5.41, 5.74) is 1.49. The minimum absolute atomic E-state index is 0.177. The van der Waals surface area contributed by atoms with E-state index in [0.717, 1.165) is 5.56 Å². The van der Waals surface area contributed by atoms with E-state index >= 15 is 0 Å². The number of rotatable bonds is 6. The number of aromatic nitrogens is 1. The summed E-state index contributed by atoms with van der Waals surface area (Å²) in [5, 5.41) is 9.25. The number of hydrogen-bond donors (Lipinski definition) is 2. The Hall–Kier alpha value is -1.63. The molecule has 0 fully saturated rings. The molecule has 1 heterocycles. The van der Waals surface area contributed by atoms with Gasteiger partial charge in [-0.15, -0.1) is 0 Å². The molecular formula is C15H20N2O3S. The molecule has 6 heteroatoms. The van der Waals surface area contributed by atoms with Gasteiger partial charge in [0.1, 0.15) is 0 Å². The van der Waals surface area contributed by atoms with Crippen molar-refractivity contribution in [2.45, 2.75) is 37.9 Å². The van der Waals surface area contributed by atoms with Gasteiger partial charge in [-0.3, -0.25) is 0 Å². The molecule has 1 aromatic carbocycles. The Morgan fingerprint density at radius 2 is 1.95 bits per heavy atom. The van der Waals surface area contributed by atoms with Crippen molar-refractivity contribution < 1.29 is 13.5 Å². The second-order valence-corrected chi connectivity index (χ2v) is 6.58. The van der Waals surface area contributed by atoms with E-state index in [9.17, 15) is 13.5 Å². The Balaban J connectivity index is 2.24. The lowest BCUT2D eigenvalue weighted by Gasteiger charge is -2.13. The number of nitrogens with one attached hydrogen (secondary N) is 1. The van der Waals surface area contributed by atoms with Crippen LogP contribution in [0.1, 0.15) is 31.1 Å². The fourth-order valence-corrected chi connectivity index (χ4v) is 3.50. The van der Waals surface area contributed by atoms with Crippen LogP contribution in [-0.2, 0) is 23.2 Å². The van der Waals surface area contributed by atoms with E-state index in [1.54, 1.807) is 17.7 Å². The van der Waals surface area contributed by atoms with Crippen LogP contribution >= 0.6 is 0 Å². The van der Waals surface area contributed by atoms with Crippen molar-refractivity contribution in [2.24, 2.45) is 0 Å². The summed E-state index contributed by atoms with van der Waals surface area (Å²) in [6.07, 6.45) is 1.55. The minimum Gasteiger partial charge on any atom is -0.390 e. The lowest BCUT2D eigenvalue weighted by molar-refractivity contribution is 0.271. The quantitative estimate of drug-likeness (QED) is 0.858. The van der Waals surface area contributed by atoms with E-state index in [-0.39, 0.29) is 17.5 Å². The van der Waals surface area contributed by atoms with E-state index in [1.165, 1.54) is 6.07 Å². The average molecular weight is 308 g/mol. The number of hydrogen-bond acceptors (Lipinski definition) is 3. The molecule has 2 N–H and O–H groups in total. The number of sulfonamides is 1. The maximum Gasteiger partial charge on any atom is 0.242 e. The first kappa shape index (κ1) is 15.8. The van der Waals surface area contributed by atoms with E-state index in [0.29, 0.717) is 12.2 Å². The predicted octanol–water partition coefficient (Wildman–Crippen LogP) is 2.04. The Morgan fingerprint density at radius 3 is 2.48 bits per heavy atom. The molecule has 21 heavy (non-hydrogen) atoms. The van der Waals surface area contributed by atoms with Gasteiger partial charge in [0.2, 0.25) is 10.0 Å². The summed E-state index contributed by atoms with van der Waals surface area (Å²) in [5.74, 6) is 0.